The molecule has 140 valence electrons. The Morgan fingerprint density at radius 3 is 2.59 bits per heavy atom. The minimum atomic E-state index is -1.00. The summed E-state index contributed by atoms with van der Waals surface area (Å²) in [5, 5.41) is 15.6. The lowest BCUT2D eigenvalue weighted by Crippen LogP contribution is -2.19. The van der Waals surface area contributed by atoms with Gasteiger partial charge in [0, 0.05) is 17.3 Å². The van der Waals surface area contributed by atoms with Crippen LogP contribution in [0.3, 0.4) is 0 Å². The van der Waals surface area contributed by atoms with Gasteiger partial charge >= 0.3 is 11.9 Å². The summed E-state index contributed by atoms with van der Waals surface area (Å²) >= 11 is 1.58. The number of methoxy groups -OCH3 is 1. The molecular formula is C18H17N3O5S. The predicted octanol–water partition coefficient (Wildman–Crippen LogP) is 2.25. The monoisotopic (exact) mass is 387 g/mol. The van der Waals surface area contributed by atoms with Gasteiger partial charge in [-0.3, -0.25) is 9.59 Å². The highest BCUT2D eigenvalue weighted by Gasteiger charge is 2.25. The van der Waals surface area contributed by atoms with E-state index in [0.29, 0.717) is 0 Å². The number of benzene rings is 1. The first-order valence-corrected chi connectivity index (χ1v) is 9.21. The van der Waals surface area contributed by atoms with Crippen LogP contribution in [0.15, 0.2) is 46.3 Å². The number of fused-ring (bicyclic) bond motifs is 1. The average molecular weight is 387 g/mol. The van der Waals surface area contributed by atoms with Crippen molar-refractivity contribution in [3.63, 3.8) is 0 Å². The number of hydrogen-bond acceptors (Lipinski definition) is 6. The van der Waals surface area contributed by atoms with Gasteiger partial charge < -0.3 is 14.4 Å². The van der Waals surface area contributed by atoms with Crippen LogP contribution in [0.2, 0.25) is 0 Å². The van der Waals surface area contributed by atoms with Crippen LogP contribution in [-0.4, -0.2) is 45.2 Å². The number of aromatic amines is 1. The number of carbonyl (C=O) groups is 2. The Labute approximate surface area is 158 Å². The van der Waals surface area contributed by atoms with Crippen molar-refractivity contribution in [2.24, 2.45) is 0 Å². The number of hydrogen-bond donors (Lipinski definition) is 2. The highest BCUT2D eigenvalue weighted by atomic mass is 32.2. The zero-order chi connectivity index (χ0) is 19.6. The molecule has 0 saturated heterocycles. The van der Waals surface area contributed by atoms with E-state index in [1.165, 1.54) is 19.5 Å². The van der Waals surface area contributed by atoms with E-state index in [2.05, 4.69) is 10.2 Å². The maximum absolute atomic E-state index is 12.1. The molecule has 0 unspecified atom stereocenters. The molecule has 9 heteroatoms. The van der Waals surface area contributed by atoms with Crippen LogP contribution in [0.1, 0.15) is 28.4 Å². The van der Waals surface area contributed by atoms with Gasteiger partial charge in [-0.25, -0.2) is 9.89 Å². The molecule has 27 heavy (non-hydrogen) atoms. The molecule has 0 amide bonds. The average Bonchev–Trinajstić information content (AvgIpc) is 3.05. The fourth-order valence-corrected chi connectivity index (χ4v) is 3.29. The van der Waals surface area contributed by atoms with Crippen molar-refractivity contribution in [1.29, 1.82) is 0 Å². The quantitative estimate of drug-likeness (QED) is 0.492. The number of nitrogens with one attached hydrogen (secondary N) is 1. The molecule has 0 saturated carbocycles. The molecule has 2 N–H and O–H groups in total. The molecule has 0 aromatic heterocycles. The van der Waals surface area contributed by atoms with Crippen LogP contribution in [0, 0.1) is 0 Å². The lowest BCUT2D eigenvalue weighted by Gasteiger charge is -2.21. The number of ether oxygens (including phenoxy) is 1. The van der Waals surface area contributed by atoms with Crippen molar-refractivity contribution in [1.82, 2.24) is 14.8 Å². The van der Waals surface area contributed by atoms with Gasteiger partial charge in [0.25, 0.3) is 5.56 Å². The number of nitrogens with zero attached hydrogens (tertiary/aromatic N) is 2. The van der Waals surface area contributed by atoms with E-state index in [1.807, 2.05) is 30.5 Å². The predicted molar refractivity (Wildman–Crippen MR) is 99.4 cm³/mol. The van der Waals surface area contributed by atoms with Gasteiger partial charge in [-0.15, -0.1) is 11.8 Å². The van der Waals surface area contributed by atoms with Crippen molar-refractivity contribution < 1.29 is 19.4 Å². The van der Waals surface area contributed by atoms with Gasteiger partial charge in [0.1, 0.15) is 11.3 Å². The fraction of sp³-hybridized carbons (Fsp3) is 0.222. The van der Waals surface area contributed by atoms with E-state index in [0.717, 1.165) is 10.5 Å². The van der Waals surface area contributed by atoms with Crippen LogP contribution in [-0.2, 0) is 9.53 Å². The summed E-state index contributed by atoms with van der Waals surface area (Å²) in [6.45, 7) is 0. The molecule has 3 rings (SSSR count). The summed E-state index contributed by atoms with van der Waals surface area (Å²) in [4.78, 5) is 36.7. The number of esters is 1. The minimum absolute atomic E-state index is 0.0875. The van der Waals surface area contributed by atoms with Crippen LogP contribution >= 0.6 is 11.8 Å². The lowest BCUT2D eigenvalue weighted by atomic mass is 10.0. The Hall–Kier alpha value is -3.07. The molecule has 2 aliphatic rings. The Kier molecular flexibility index (Phi) is 5.31. The Bertz CT molecular complexity index is 1010. The summed E-state index contributed by atoms with van der Waals surface area (Å²) in [5.41, 5.74) is 0.746. The molecule has 2 aliphatic heterocycles. The standard InChI is InChI=1S/C18H17N3O5S/c1-26-18(25)13-9-21(8-12-16(13)19-20-17(12)24)14(7-15(22)23)10-3-5-11(27-2)6-4-10/h3-6,8-9,14H,7H2,1-2H3,(H,20,24)(H,22,23)/t14-/m0/s1. The zero-order valence-corrected chi connectivity index (χ0v) is 15.4. The molecule has 0 bridgehead atoms. The van der Waals surface area contributed by atoms with Crippen molar-refractivity contribution in [3.05, 3.63) is 58.1 Å². The fourth-order valence-electron chi connectivity index (χ4n) is 2.88. The third-order valence-electron chi connectivity index (χ3n) is 4.21. The molecule has 0 spiro atoms. The molecule has 0 radical (unpaired) electrons. The third kappa shape index (κ3) is 3.72. The van der Waals surface area contributed by atoms with E-state index >= 15 is 0 Å². The number of aromatic nitrogens is 3. The first-order chi connectivity index (χ1) is 12.9. The number of carbonyl (C=O) groups excluding carboxylic acids is 1. The maximum atomic E-state index is 12.1. The van der Waals surface area contributed by atoms with Crippen molar-refractivity contribution in [2.75, 3.05) is 13.4 Å². The van der Waals surface area contributed by atoms with Gasteiger partial charge in [0.2, 0.25) is 0 Å². The first-order valence-electron chi connectivity index (χ1n) is 7.98. The summed E-state index contributed by atoms with van der Waals surface area (Å²) in [7, 11) is 1.23. The Morgan fingerprint density at radius 2 is 2.00 bits per heavy atom. The summed E-state index contributed by atoms with van der Waals surface area (Å²) < 4.78 is 6.33. The number of carboxylic acid groups (broad SMARTS) is 1. The molecule has 8 nitrogen and oxygen atoms in total. The zero-order valence-electron chi connectivity index (χ0n) is 14.6. The Morgan fingerprint density at radius 1 is 1.30 bits per heavy atom. The molecule has 0 aliphatic carbocycles. The van der Waals surface area contributed by atoms with Gasteiger partial charge in [-0.05, 0) is 24.0 Å². The maximum Gasteiger partial charge on any atom is 0.341 e. The molecule has 1 atom stereocenters. The number of thioether (sulfide) groups is 1. The number of rotatable bonds is 6. The van der Waals surface area contributed by atoms with Crippen molar-refractivity contribution in [2.45, 2.75) is 17.4 Å². The largest absolute Gasteiger partial charge is 0.481 e. The topological polar surface area (TPSA) is 114 Å². The van der Waals surface area contributed by atoms with Gasteiger partial charge in [-0.2, -0.15) is 5.10 Å². The van der Waals surface area contributed by atoms with Crippen molar-refractivity contribution in [3.8, 4) is 11.3 Å². The first kappa shape index (κ1) is 18.7. The van der Waals surface area contributed by atoms with E-state index in [1.54, 1.807) is 16.3 Å². The van der Waals surface area contributed by atoms with Crippen LogP contribution < -0.4 is 5.56 Å². The molecule has 2 heterocycles. The number of carboxylic acids is 1. The number of pyridine rings is 1. The number of H-pyrrole nitrogens is 1. The minimum Gasteiger partial charge on any atom is -0.481 e. The van der Waals surface area contributed by atoms with Crippen LogP contribution in [0.5, 0.6) is 0 Å². The van der Waals surface area contributed by atoms with Crippen LogP contribution in [0.4, 0.5) is 0 Å². The molecule has 0 fully saturated rings. The second-order valence-corrected chi connectivity index (χ2v) is 6.69. The molecular weight excluding hydrogens is 370 g/mol. The van der Waals surface area contributed by atoms with Gasteiger partial charge in [0.05, 0.1) is 25.1 Å². The smallest absolute Gasteiger partial charge is 0.341 e. The van der Waals surface area contributed by atoms with Crippen molar-refractivity contribution >= 4 is 23.7 Å². The Balaban J connectivity index is 2.18. The molecule has 1 aromatic carbocycles. The van der Waals surface area contributed by atoms with Gasteiger partial charge in [0.15, 0.2) is 0 Å². The van der Waals surface area contributed by atoms with E-state index in [4.69, 9.17) is 4.74 Å². The van der Waals surface area contributed by atoms with Gasteiger partial charge in [-0.1, -0.05) is 12.1 Å². The summed E-state index contributed by atoms with van der Waals surface area (Å²) in [6, 6.07) is 6.85. The van der Waals surface area contributed by atoms with E-state index in [9.17, 15) is 19.5 Å². The highest BCUT2D eigenvalue weighted by Crippen LogP contribution is 2.29. The van der Waals surface area contributed by atoms with E-state index in [-0.39, 0.29) is 23.2 Å². The second-order valence-electron chi connectivity index (χ2n) is 5.81. The van der Waals surface area contributed by atoms with E-state index < -0.39 is 23.5 Å². The second kappa shape index (κ2) is 7.67. The summed E-state index contributed by atoms with van der Waals surface area (Å²) in [6.07, 6.45) is 4.69. The summed E-state index contributed by atoms with van der Waals surface area (Å²) in [5.74, 6) is -1.66. The highest BCUT2D eigenvalue weighted by molar-refractivity contribution is 7.98. The lowest BCUT2D eigenvalue weighted by molar-refractivity contribution is -0.137. The third-order valence-corrected chi connectivity index (χ3v) is 4.96. The molecule has 1 aromatic rings. The number of aliphatic carboxylic acids is 1. The normalized spacial score (nSPS) is 12.1. The van der Waals surface area contributed by atoms with Crippen LogP contribution in [0.25, 0.3) is 11.3 Å². The SMILES string of the molecule is COC(=O)c1cn([C@@H](CC(=O)O)c2ccc(SC)cc2)cc2c(=O)[nH]nc1-2.